The molecule has 0 radical (unpaired) electrons. The number of ketones is 1. The van der Waals surface area contributed by atoms with E-state index in [-0.39, 0.29) is 12.0 Å². The maximum atomic E-state index is 12.0. The lowest BCUT2D eigenvalue weighted by Crippen LogP contribution is -2.41. The molecular formula is C13H18O2. The zero-order valence-electron chi connectivity index (χ0n) is 8.98. The van der Waals surface area contributed by atoms with Gasteiger partial charge in [0.05, 0.1) is 6.10 Å². The molecule has 0 heterocycles. The van der Waals surface area contributed by atoms with E-state index in [9.17, 15) is 9.90 Å². The van der Waals surface area contributed by atoms with E-state index in [1.54, 1.807) is 0 Å². The van der Waals surface area contributed by atoms with Crippen molar-refractivity contribution in [3.8, 4) is 0 Å². The highest BCUT2D eigenvalue weighted by Gasteiger charge is 2.53. The molecule has 15 heavy (non-hydrogen) atoms. The largest absolute Gasteiger partial charge is 0.393 e. The van der Waals surface area contributed by atoms with Gasteiger partial charge in [-0.3, -0.25) is 4.79 Å². The van der Waals surface area contributed by atoms with Crippen LogP contribution in [0.2, 0.25) is 0 Å². The molecule has 0 aromatic carbocycles. The van der Waals surface area contributed by atoms with Crippen molar-refractivity contribution < 1.29 is 9.90 Å². The predicted molar refractivity (Wildman–Crippen MR) is 57.2 cm³/mol. The molecule has 0 spiro atoms. The summed E-state index contributed by atoms with van der Waals surface area (Å²) in [5.74, 6) is 1.73. The molecule has 5 atom stereocenters. The second kappa shape index (κ2) is 3.18. The Morgan fingerprint density at radius 2 is 1.93 bits per heavy atom. The summed E-state index contributed by atoms with van der Waals surface area (Å²) in [6.07, 6.45) is 4.93. The molecule has 3 fully saturated rings. The van der Waals surface area contributed by atoms with Crippen molar-refractivity contribution in [2.75, 3.05) is 0 Å². The number of Topliss-reactive ketones (excluding diaryl/α,β-unsaturated/α-hetero) is 1. The maximum absolute atomic E-state index is 12.0. The lowest BCUT2D eigenvalue weighted by atomic mass is 9.63. The number of carbonyl (C=O) groups excluding carboxylic acids is 1. The lowest BCUT2D eigenvalue weighted by molar-refractivity contribution is -0.121. The van der Waals surface area contributed by atoms with Gasteiger partial charge in [0.2, 0.25) is 0 Å². The summed E-state index contributed by atoms with van der Waals surface area (Å²) in [7, 11) is 0. The first kappa shape index (κ1) is 9.59. The summed E-state index contributed by atoms with van der Waals surface area (Å²) in [5.41, 5.74) is 0.865. The second-order valence-electron chi connectivity index (χ2n) is 5.42. The number of aliphatic hydroxyl groups is 1. The molecule has 0 aromatic heterocycles. The molecule has 2 heteroatoms. The molecule has 0 saturated heterocycles. The van der Waals surface area contributed by atoms with Crippen molar-refractivity contribution in [2.24, 2.45) is 23.7 Å². The summed E-state index contributed by atoms with van der Waals surface area (Å²) in [6, 6.07) is 0. The topological polar surface area (TPSA) is 37.3 Å². The lowest BCUT2D eigenvalue weighted by Gasteiger charge is -2.42. The van der Waals surface area contributed by atoms with Gasteiger partial charge in [-0.05, 0) is 49.0 Å². The standard InChI is InChI=1S/C13H18O2/c1-7-8-3-2-4-9-11(14)6-5-10(12(8)9)13(7)15/h8-12,14H,1-6H2. The number of hydrogen-bond donors (Lipinski definition) is 1. The van der Waals surface area contributed by atoms with Crippen LogP contribution in [0.4, 0.5) is 0 Å². The normalized spacial score (nSPS) is 49.3. The van der Waals surface area contributed by atoms with Gasteiger partial charge < -0.3 is 5.11 Å². The third-order valence-corrected chi connectivity index (χ3v) is 4.84. The fourth-order valence-corrected chi connectivity index (χ4v) is 4.17. The average molecular weight is 206 g/mol. The molecule has 3 aliphatic carbocycles. The van der Waals surface area contributed by atoms with Crippen molar-refractivity contribution in [3.05, 3.63) is 12.2 Å². The van der Waals surface area contributed by atoms with Crippen LogP contribution in [-0.2, 0) is 4.79 Å². The van der Waals surface area contributed by atoms with Gasteiger partial charge in [-0.2, -0.15) is 0 Å². The monoisotopic (exact) mass is 206 g/mol. The molecule has 3 saturated carbocycles. The van der Waals surface area contributed by atoms with E-state index in [0.29, 0.717) is 23.5 Å². The third-order valence-electron chi connectivity index (χ3n) is 4.84. The first-order valence-electron chi connectivity index (χ1n) is 6.11. The second-order valence-corrected chi connectivity index (χ2v) is 5.42. The molecule has 5 unspecified atom stereocenters. The van der Waals surface area contributed by atoms with Gasteiger partial charge in [0.1, 0.15) is 0 Å². The summed E-state index contributed by atoms with van der Waals surface area (Å²) in [5, 5.41) is 10.00. The van der Waals surface area contributed by atoms with Gasteiger partial charge in [-0.15, -0.1) is 0 Å². The Morgan fingerprint density at radius 1 is 1.13 bits per heavy atom. The first-order chi connectivity index (χ1) is 7.20. The Labute approximate surface area is 90.4 Å². The van der Waals surface area contributed by atoms with Crippen molar-refractivity contribution in [1.82, 2.24) is 0 Å². The van der Waals surface area contributed by atoms with Crippen molar-refractivity contribution in [2.45, 2.75) is 38.2 Å². The number of rotatable bonds is 0. The van der Waals surface area contributed by atoms with E-state index in [2.05, 4.69) is 6.58 Å². The highest BCUT2D eigenvalue weighted by molar-refractivity contribution is 6.00. The molecular weight excluding hydrogens is 188 g/mol. The minimum Gasteiger partial charge on any atom is -0.393 e. The van der Waals surface area contributed by atoms with Crippen molar-refractivity contribution >= 4 is 5.78 Å². The molecule has 3 aliphatic rings. The minimum atomic E-state index is -0.159. The summed E-state index contributed by atoms with van der Waals surface area (Å²) >= 11 is 0. The van der Waals surface area contributed by atoms with E-state index >= 15 is 0 Å². The number of hydrogen-bond acceptors (Lipinski definition) is 2. The molecule has 3 rings (SSSR count). The van der Waals surface area contributed by atoms with Crippen LogP contribution in [0.15, 0.2) is 12.2 Å². The van der Waals surface area contributed by atoms with Gasteiger partial charge >= 0.3 is 0 Å². The van der Waals surface area contributed by atoms with E-state index in [0.717, 1.165) is 37.7 Å². The Hall–Kier alpha value is -0.630. The van der Waals surface area contributed by atoms with Gasteiger partial charge in [0, 0.05) is 5.92 Å². The van der Waals surface area contributed by atoms with Crippen LogP contribution in [0.1, 0.15) is 32.1 Å². The summed E-state index contributed by atoms with van der Waals surface area (Å²) in [4.78, 5) is 12.0. The molecule has 0 aromatic rings. The van der Waals surface area contributed by atoms with Crippen LogP contribution in [0.3, 0.4) is 0 Å². The summed E-state index contributed by atoms with van der Waals surface area (Å²) in [6.45, 7) is 3.97. The van der Waals surface area contributed by atoms with Gasteiger partial charge in [-0.1, -0.05) is 13.0 Å². The zero-order chi connectivity index (χ0) is 10.6. The highest BCUT2D eigenvalue weighted by atomic mass is 16.3. The van der Waals surface area contributed by atoms with E-state index in [1.165, 1.54) is 0 Å². The van der Waals surface area contributed by atoms with Crippen LogP contribution >= 0.6 is 0 Å². The Bertz CT molecular complexity index is 304. The smallest absolute Gasteiger partial charge is 0.161 e. The van der Waals surface area contributed by atoms with Crippen molar-refractivity contribution in [1.29, 1.82) is 0 Å². The highest BCUT2D eigenvalue weighted by Crippen LogP contribution is 2.54. The third kappa shape index (κ3) is 1.17. The Morgan fingerprint density at radius 3 is 2.73 bits per heavy atom. The van der Waals surface area contributed by atoms with Crippen molar-refractivity contribution in [3.63, 3.8) is 0 Å². The fourth-order valence-electron chi connectivity index (χ4n) is 4.17. The number of carbonyl (C=O) groups is 1. The number of allylic oxidation sites excluding steroid dienone is 1. The Kier molecular flexibility index (Phi) is 2.03. The van der Waals surface area contributed by atoms with Crippen LogP contribution in [0.5, 0.6) is 0 Å². The Balaban J connectivity index is 1.98. The molecule has 82 valence electrons. The molecule has 1 N–H and O–H groups in total. The maximum Gasteiger partial charge on any atom is 0.161 e. The van der Waals surface area contributed by atoms with E-state index in [4.69, 9.17) is 0 Å². The van der Waals surface area contributed by atoms with Crippen LogP contribution in [0.25, 0.3) is 0 Å². The molecule has 0 aliphatic heterocycles. The SMILES string of the molecule is C=C1C(=O)C2CCC(O)C3CCCC1C23. The molecule has 2 nitrogen and oxygen atoms in total. The minimum absolute atomic E-state index is 0.159. The van der Waals surface area contributed by atoms with Crippen LogP contribution in [0, 0.1) is 23.7 Å². The van der Waals surface area contributed by atoms with Gasteiger partial charge in [0.15, 0.2) is 5.78 Å². The van der Waals surface area contributed by atoms with Gasteiger partial charge in [-0.25, -0.2) is 0 Å². The van der Waals surface area contributed by atoms with E-state index in [1.807, 2.05) is 0 Å². The molecule has 0 amide bonds. The first-order valence-corrected chi connectivity index (χ1v) is 6.11. The number of aliphatic hydroxyl groups excluding tert-OH is 1. The van der Waals surface area contributed by atoms with Crippen LogP contribution < -0.4 is 0 Å². The molecule has 0 bridgehead atoms. The fraction of sp³-hybridized carbons (Fsp3) is 0.769. The summed E-state index contributed by atoms with van der Waals surface area (Å²) < 4.78 is 0. The van der Waals surface area contributed by atoms with Gasteiger partial charge in [0.25, 0.3) is 0 Å². The average Bonchev–Trinajstić information content (AvgIpc) is 2.50. The van der Waals surface area contributed by atoms with Crippen LogP contribution in [-0.4, -0.2) is 17.0 Å². The predicted octanol–water partition coefficient (Wildman–Crippen LogP) is 1.93. The quantitative estimate of drug-likeness (QED) is 0.615. The van der Waals surface area contributed by atoms with E-state index < -0.39 is 0 Å². The zero-order valence-corrected chi connectivity index (χ0v) is 8.98.